The van der Waals surface area contributed by atoms with E-state index < -0.39 is 0 Å². The summed E-state index contributed by atoms with van der Waals surface area (Å²) in [5.41, 5.74) is 0.383. The first kappa shape index (κ1) is 14.6. The lowest BCUT2D eigenvalue weighted by atomic mass is 10.2. The summed E-state index contributed by atoms with van der Waals surface area (Å²) in [5.74, 6) is 1.27. The highest BCUT2D eigenvalue weighted by Crippen LogP contribution is 2.20. The third-order valence-corrected chi connectivity index (χ3v) is 3.69. The van der Waals surface area contributed by atoms with Crippen molar-refractivity contribution in [1.29, 1.82) is 0 Å². The molecule has 0 spiro atoms. The Morgan fingerprint density at radius 3 is 3.09 bits per heavy atom. The first-order chi connectivity index (χ1) is 10.6. The van der Waals surface area contributed by atoms with Crippen molar-refractivity contribution in [3.63, 3.8) is 0 Å². The van der Waals surface area contributed by atoms with Crippen molar-refractivity contribution >= 4 is 5.91 Å². The zero-order chi connectivity index (χ0) is 15.5. The fourth-order valence-electron chi connectivity index (χ4n) is 2.48. The predicted octanol–water partition coefficient (Wildman–Crippen LogP) is 1.29. The summed E-state index contributed by atoms with van der Waals surface area (Å²) in [4.78, 5) is 14.3. The highest BCUT2D eigenvalue weighted by atomic mass is 16.5. The van der Waals surface area contributed by atoms with Gasteiger partial charge in [-0.15, -0.1) is 0 Å². The normalized spacial score (nSPS) is 15.2. The van der Waals surface area contributed by atoms with Gasteiger partial charge in [0, 0.05) is 25.6 Å². The van der Waals surface area contributed by atoms with Crippen LogP contribution < -0.4 is 10.1 Å². The molecule has 0 aliphatic carbocycles. The van der Waals surface area contributed by atoms with E-state index in [1.54, 1.807) is 17.0 Å². The number of carbonyl (C=O) groups excluding carboxylic acids is 1. The van der Waals surface area contributed by atoms with E-state index in [0.29, 0.717) is 24.7 Å². The van der Waals surface area contributed by atoms with Crippen LogP contribution in [0.25, 0.3) is 0 Å². The fourth-order valence-corrected chi connectivity index (χ4v) is 2.48. The molecule has 1 N–H and O–H groups in total. The lowest BCUT2D eigenvalue weighted by molar-refractivity contribution is 0.0933. The molecular weight excluding hydrogens is 284 g/mol. The maximum Gasteiger partial charge on any atom is 0.271 e. The molecule has 3 heterocycles. The number of rotatable bonds is 5. The molecule has 3 rings (SSSR count). The number of ether oxygens (including phenoxy) is 1. The molecule has 0 saturated heterocycles. The minimum atomic E-state index is -0.205. The van der Waals surface area contributed by atoms with Gasteiger partial charge in [0.2, 0.25) is 5.88 Å². The number of nitrogens with zero attached hydrogens (tertiary/aromatic N) is 3. The molecule has 7 nitrogen and oxygen atoms in total. The minimum absolute atomic E-state index is 0.0209. The quantitative estimate of drug-likeness (QED) is 0.901. The van der Waals surface area contributed by atoms with Crippen molar-refractivity contribution < 1.29 is 13.9 Å². The predicted molar refractivity (Wildman–Crippen MR) is 79.8 cm³/mol. The van der Waals surface area contributed by atoms with E-state index in [0.717, 1.165) is 18.7 Å². The number of likely N-dealkylation sites (N-methyl/N-ethyl adjacent to an activating group) is 1. The van der Waals surface area contributed by atoms with Gasteiger partial charge in [0.1, 0.15) is 5.76 Å². The Labute approximate surface area is 128 Å². The number of carbonyl (C=O) groups is 1. The standard InChI is InChI=1S/C15H20N4O3/c1-18(2)12(13-5-3-7-21-13)10-16-15(20)11-9-14-19(17-11)6-4-8-22-14/h3,5,7,9,12H,4,6,8,10H2,1-2H3,(H,16,20). The van der Waals surface area contributed by atoms with Gasteiger partial charge in [-0.05, 0) is 26.2 Å². The van der Waals surface area contributed by atoms with Gasteiger partial charge in [-0.3, -0.25) is 9.69 Å². The van der Waals surface area contributed by atoms with Crippen molar-refractivity contribution in [3.05, 3.63) is 35.9 Å². The number of fused-ring (bicyclic) bond motifs is 1. The minimum Gasteiger partial charge on any atom is -0.478 e. The molecule has 2 aromatic rings. The largest absolute Gasteiger partial charge is 0.478 e. The van der Waals surface area contributed by atoms with Crippen LogP contribution in [0.15, 0.2) is 28.9 Å². The van der Waals surface area contributed by atoms with E-state index in [1.165, 1.54) is 0 Å². The number of furan rings is 1. The van der Waals surface area contributed by atoms with Crippen LogP contribution in [0.4, 0.5) is 0 Å². The topological polar surface area (TPSA) is 72.5 Å². The Kier molecular flexibility index (Phi) is 4.15. The molecule has 0 saturated carbocycles. The van der Waals surface area contributed by atoms with Gasteiger partial charge in [0.05, 0.1) is 18.9 Å². The number of hydrogen-bond acceptors (Lipinski definition) is 5. The molecule has 0 fully saturated rings. The second kappa shape index (κ2) is 6.23. The Morgan fingerprint density at radius 1 is 1.55 bits per heavy atom. The maximum absolute atomic E-state index is 12.3. The molecule has 2 aromatic heterocycles. The highest BCUT2D eigenvalue weighted by Gasteiger charge is 2.21. The summed E-state index contributed by atoms with van der Waals surface area (Å²) in [6, 6.07) is 5.41. The van der Waals surface area contributed by atoms with E-state index in [2.05, 4.69) is 10.4 Å². The Balaban J connectivity index is 1.65. The molecule has 1 amide bonds. The van der Waals surface area contributed by atoms with Crippen LogP contribution in [-0.2, 0) is 6.54 Å². The summed E-state index contributed by atoms with van der Waals surface area (Å²) < 4.78 is 12.6. The average Bonchev–Trinajstić information content (AvgIpc) is 3.16. The highest BCUT2D eigenvalue weighted by molar-refractivity contribution is 5.92. The van der Waals surface area contributed by atoms with Gasteiger partial charge >= 0.3 is 0 Å². The van der Waals surface area contributed by atoms with Gasteiger partial charge in [-0.2, -0.15) is 5.10 Å². The Bertz CT molecular complexity index is 610. The van der Waals surface area contributed by atoms with Crippen LogP contribution in [0.5, 0.6) is 5.88 Å². The molecule has 1 aliphatic heterocycles. The summed E-state index contributed by atoms with van der Waals surface area (Å²) in [6.45, 7) is 1.91. The fraction of sp³-hybridized carbons (Fsp3) is 0.467. The number of aryl methyl sites for hydroxylation is 1. The van der Waals surface area contributed by atoms with Gasteiger partial charge in [-0.1, -0.05) is 0 Å². The van der Waals surface area contributed by atoms with E-state index in [4.69, 9.17) is 9.15 Å². The van der Waals surface area contributed by atoms with Crippen LogP contribution in [0.1, 0.15) is 28.7 Å². The first-order valence-electron chi connectivity index (χ1n) is 7.34. The molecule has 0 bridgehead atoms. The SMILES string of the molecule is CN(C)C(CNC(=O)c1cc2n(n1)CCCO2)c1ccco1. The second-order valence-electron chi connectivity index (χ2n) is 5.50. The van der Waals surface area contributed by atoms with E-state index in [-0.39, 0.29) is 11.9 Å². The average molecular weight is 304 g/mol. The van der Waals surface area contributed by atoms with Crippen LogP contribution >= 0.6 is 0 Å². The summed E-state index contributed by atoms with van der Waals surface area (Å²) in [7, 11) is 3.89. The number of amides is 1. The summed E-state index contributed by atoms with van der Waals surface area (Å²) in [5, 5.41) is 7.18. The molecular formula is C15H20N4O3. The first-order valence-corrected chi connectivity index (χ1v) is 7.34. The van der Waals surface area contributed by atoms with E-state index in [9.17, 15) is 4.79 Å². The molecule has 0 radical (unpaired) electrons. The van der Waals surface area contributed by atoms with Crippen LogP contribution in [0, 0.1) is 0 Å². The monoisotopic (exact) mass is 304 g/mol. The lowest BCUT2D eigenvalue weighted by Crippen LogP contribution is -2.34. The maximum atomic E-state index is 12.3. The van der Waals surface area contributed by atoms with Gasteiger partial charge in [-0.25, -0.2) is 4.68 Å². The third-order valence-electron chi connectivity index (χ3n) is 3.69. The molecule has 7 heteroatoms. The molecule has 0 aromatic carbocycles. The van der Waals surface area contributed by atoms with Gasteiger partial charge < -0.3 is 14.5 Å². The molecule has 1 aliphatic rings. The third kappa shape index (κ3) is 2.99. The zero-order valence-electron chi connectivity index (χ0n) is 12.8. The van der Waals surface area contributed by atoms with Crippen LogP contribution in [0.3, 0.4) is 0 Å². The van der Waals surface area contributed by atoms with Gasteiger partial charge in [0.15, 0.2) is 5.69 Å². The molecule has 118 valence electrons. The number of aromatic nitrogens is 2. The summed E-state index contributed by atoms with van der Waals surface area (Å²) >= 11 is 0. The molecule has 22 heavy (non-hydrogen) atoms. The second-order valence-corrected chi connectivity index (χ2v) is 5.50. The number of nitrogens with one attached hydrogen (secondary N) is 1. The molecule has 1 atom stereocenters. The van der Waals surface area contributed by atoms with Crippen molar-refractivity contribution in [1.82, 2.24) is 20.0 Å². The van der Waals surface area contributed by atoms with Crippen LogP contribution in [0.2, 0.25) is 0 Å². The molecule has 1 unspecified atom stereocenters. The number of hydrogen-bond donors (Lipinski definition) is 1. The van der Waals surface area contributed by atoms with Crippen molar-refractivity contribution in [2.75, 3.05) is 27.2 Å². The van der Waals surface area contributed by atoms with Crippen LogP contribution in [-0.4, -0.2) is 47.8 Å². The zero-order valence-corrected chi connectivity index (χ0v) is 12.8. The Morgan fingerprint density at radius 2 is 2.41 bits per heavy atom. The summed E-state index contributed by atoms with van der Waals surface area (Å²) in [6.07, 6.45) is 2.55. The van der Waals surface area contributed by atoms with Crippen molar-refractivity contribution in [3.8, 4) is 5.88 Å². The van der Waals surface area contributed by atoms with E-state index >= 15 is 0 Å². The van der Waals surface area contributed by atoms with Crippen molar-refractivity contribution in [2.45, 2.75) is 19.0 Å². The smallest absolute Gasteiger partial charge is 0.271 e. The lowest BCUT2D eigenvalue weighted by Gasteiger charge is -2.22. The van der Waals surface area contributed by atoms with Crippen molar-refractivity contribution in [2.24, 2.45) is 0 Å². The van der Waals surface area contributed by atoms with Gasteiger partial charge in [0.25, 0.3) is 5.91 Å². The van der Waals surface area contributed by atoms with E-state index in [1.807, 2.05) is 31.1 Å². The Hall–Kier alpha value is -2.28.